The summed E-state index contributed by atoms with van der Waals surface area (Å²) in [5.74, 6) is -4.86. The van der Waals surface area contributed by atoms with E-state index in [0.717, 1.165) is 0 Å². The summed E-state index contributed by atoms with van der Waals surface area (Å²) in [7, 11) is 1.54. The Kier molecular flexibility index (Phi) is 9.56. The summed E-state index contributed by atoms with van der Waals surface area (Å²) in [4.78, 5) is 40.5. The molecule has 2 fully saturated rings. The van der Waals surface area contributed by atoms with Gasteiger partial charge in [-0.05, 0) is 62.4 Å². The van der Waals surface area contributed by atoms with Gasteiger partial charge in [0.05, 0.1) is 29.5 Å². The maximum atomic E-state index is 14.6. The van der Waals surface area contributed by atoms with Crippen LogP contribution < -0.4 is 5.32 Å². The minimum Gasteiger partial charge on any atom is -0.468 e. The first-order valence-electron chi connectivity index (χ1n) is 15.7. The van der Waals surface area contributed by atoms with E-state index in [4.69, 9.17) is 13.9 Å². The van der Waals surface area contributed by atoms with Crippen LogP contribution >= 0.6 is 0 Å². The SMILES string of the molecule is CCC(=O)OC1C[C@@H](C)C(O)(CO)C2C(C)C3(O)CC(OC(=O)C(O)C(NC)c4ccco4)C(C)=C(C(O)C(=O)[C@]12C)C3(C)C. The Hall–Kier alpha value is -2.61. The summed E-state index contributed by atoms with van der Waals surface area (Å²) in [6, 6.07) is 2.26. The van der Waals surface area contributed by atoms with Gasteiger partial charge in [-0.1, -0.05) is 34.6 Å². The first-order chi connectivity index (χ1) is 20.9. The van der Waals surface area contributed by atoms with Gasteiger partial charge < -0.3 is 44.7 Å². The molecule has 1 aromatic heterocycles. The van der Waals surface area contributed by atoms with Crippen molar-refractivity contribution in [2.45, 2.75) is 109 Å². The van der Waals surface area contributed by atoms with E-state index in [-0.39, 0.29) is 24.8 Å². The Labute approximate surface area is 263 Å². The number of ether oxygens (including phenoxy) is 2. The first kappa shape index (κ1) is 35.2. The Balaban J connectivity index is 1.87. The Bertz CT molecular complexity index is 1320. The topological polar surface area (TPSA) is 196 Å². The van der Waals surface area contributed by atoms with E-state index in [0.29, 0.717) is 11.3 Å². The molecular formula is C33H49NO11. The molecule has 0 spiro atoms. The molecule has 0 aromatic carbocycles. The molecule has 0 aliphatic heterocycles. The second kappa shape index (κ2) is 12.2. The monoisotopic (exact) mass is 635 g/mol. The molecule has 12 heteroatoms. The maximum absolute atomic E-state index is 14.6. The summed E-state index contributed by atoms with van der Waals surface area (Å²) in [5, 5.41) is 61.3. The number of hydrogen-bond acceptors (Lipinski definition) is 12. The number of furan rings is 1. The second-order valence-electron chi connectivity index (χ2n) is 13.9. The van der Waals surface area contributed by atoms with Crippen LogP contribution in [-0.2, 0) is 23.9 Å². The molecule has 45 heavy (non-hydrogen) atoms. The first-order valence-corrected chi connectivity index (χ1v) is 15.7. The van der Waals surface area contributed by atoms with Crippen molar-refractivity contribution in [3.63, 3.8) is 0 Å². The fourth-order valence-electron chi connectivity index (χ4n) is 8.73. The van der Waals surface area contributed by atoms with E-state index < -0.39 is 94.6 Å². The van der Waals surface area contributed by atoms with Crippen molar-refractivity contribution >= 4 is 17.7 Å². The molecule has 1 heterocycles. The Morgan fingerprint density at radius 3 is 2.36 bits per heavy atom. The number of likely N-dealkylation sites (N-methyl/N-ethyl adjacent to an activating group) is 1. The van der Waals surface area contributed by atoms with Gasteiger partial charge in [0, 0.05) is 24.2 Å². The van der Waals surface area contributed by atoms with Gasteiger partial charge in [-0.25, -0.2) is 4.79 Å². The number of carbonyl (C=O) groups excluding carboxylic acids is 3. The highest BCUT2D eigenvalue weighted by atomic mass is 16.6. The third-order valence-electron chi connectivity index (χ3n) is 11.5. The van der Waals surface area contributed by atoms with Crippen molar-refractivity contribution in [3.8, 4) is 0 Å². The molecule has 2 bridgehead atoms. The Morgan fingerprint density at radius 2 is 1.82 bits per heavy atom. The van der Waals surface area contributed by atoms with Gasteiger partial charge in [0.1, 0.15) is 30.1 Å². The van der Waals surface area contributed by atoms with Crippen LogP contribution in [0.4, 0.5) is 0 Å². The predicted molar refractivity (Wildman–Crippen MR) is 160 cm³/mol. The summed E-state index contributed by atoms with van der Waals surface area (Å²) in [5.41, 5.74) is -6.28. The smallest absolute Gasteiger partial charge is 0.337 e. The third-order valence-corrected chi connectivity index (χ3v) is 11.5. The fourth-order valence-corrected chi connectivity index (χ4v) is 8.73. The van der Waals surface area contributed by atoms with Gasteiger partial charge in [-0.3, -0.25) is 9.59 Å². The van der Waals surface area contributed by atoms with Gasteiger partial charge in [0.25, 0.3) is 0 Å². The van der Waals surface area contributed by atoms with Gasteiger partial charge >= 0.3 is 11.9 Å². The van der Waals surface area contributed by atoms with Crippen LogP contribution in [0.2, 0.25) is 0 Å². The van der Waals surface area contributed by atoms with E-state index >= 15 is 0 Å². The number of hydrogen-bond donors (Lipinski definition) is 6. The fraction of sp³-hybridized carbons (Fsp3) is 0.727. The zero-order valence-corrected chi connectivity index (χ0v) is 27.4. The average molecular weight is 636 g/mol. The van der Waals surface area contributed by atoms with E-state index in [9.17, 15) is 39.9 Å². The zero-order valence-electron chi connectivity index (χ0n) is 27.4. The van der Waals surface area contributed by atoms with Crippen molar-refractivity contribution < 1.29 is 53.8 Å². The van der Waals surface area contributed by atoms with Crippen LogP contribution in [0.3, 0.4) is 0 Å². The summed E-state index contributed by atoms with van der Waals surface area (Å²) in [6.07, 6.45) is -4.49. The van der Waals surface area contributed by atoms with Crippen LogP contribution in [0.25, 0.3) is 0 Å². The number of carbonyl (C=O) groups is 3. The molecule has 6 N–H and O–H groups in total. The highest BCUT2D eigenvalue weighted by Gasteiger charge is 2.72. The van der Waals surface area contributed by atoms with Crippen molar-refractivity contribution in [1.29, 1.82) is 0 Å². The van der Waals surface area contributed by atoms with Crippen LogP contribution in [0, 0.1) is 28.6 Å². The minimum atomic E-state index is -1.91. The lowest BCUT2D eigenvalue weighted by molar-refractivity contribution is -0.259. The van der Waals surface area contributed by atoms with E-state index in [1.54, 1.807) is 60.7 Å². The quantitative estimate of drug-likeness (QED) is 0.179. The van der Waals surface area contributed by atoms with Crippen LogP contribution in [0.5, 0.6) is 0 Å². The largest absolute Gasteiger partial charge is 0.468 e. The molecule has 12 nitrogen and oxygen atoms in total. The number of aliphatic hydroxyl groups excluding tert-OH is 3. The number of fused-ring (bicyclic) bond motifs is 3. The Morgan fingerprint density at radius 1 is 1.18 bits per heavy atom. The lowest BCUT2D eigenvalue weighted by atomic mass is 9.42. The number of aliphatic hydroxyl groups is 5. The lowest BCUT2D eigenvalue weighted by Crippen LogP contribution is -2.74. The number of ketones is 1. The molecule has 4 rings (SSSR count). The summed E-state index contributed by atoms with van der Waals surface area (Å²) < 4.78 is 17.0. The molecule has 1 aromatic rings. The molecule has 2 saturated carbocycles. The molecule has 3 aliphatic rings. The normalized spacial score (nSPS) is 39.3. The number of rotatable bonds is 8. The van der Waals surface area contributed by atoms with E-state index in [2.05, 4.69) is 5.32 Å². The summed E-state index contributed by atoms with van der Waals surface area (Å²) >= 11 is 0. The van der Waals surface area contributed by atoms with Gasteiger partial charge in [-0.2, -0.15) is 0 Å². The van der Waals surface area contributed by atoms with Gasteiger partial charge in [-0.15, -0.1) is 0 Å². The molecule has 0 saturated heterocycles. The van der Waals surface area contributed by atoms with E-state index in [1.165, 1.54) is 13.2 Å². The number of esters is 2. The highest BCUT2D eigenvalue weighted by Crippen LogP contribution is 2.64. The average Bonchev–Trinajstić information content (AvgIpc) is 3.52. The molecule has 252 valence electrons. The van der Waals surface area contributed by atoms with Crippen LogP contribution in [0.1, 0.15) is 79.5 Å². The van der Waals surface area contributed by atoms with Crippen LogP contribution in [-0.4, -0.2) is 92.5 Å². The second-order valence-corrected chi connectivity index (χ2v) is 13.9. The van der Waals surface area contributed by atoms with Crippen LogP contribution in [0.15, 0.2) is 34.0 Å². The van der Waals surface area contributed by atoms with Crippen molar-refractivity contribution in [1.82, 2.24) is 5.32 Å². The third kappa shape index (κ3) is 5.18. The molecule has 9 unspecified atom stereocenters. The maximum Gasteiger partial charge on any atom is 0.337 e. The molecular weight excluding hydrogens is 586 g/mol. The van der Waals surface area contributed by atoms with E-state index in [1.807, 2.05) is 0 Å². The van der Waals surface area contributed by atoms with Gasteiger partial charge in [0.15, 0.2) is 11.9 Å². The molecule has 0 radical (unpaired) electrons. The van der Waals surface area contributed by atoms with Crippen molar-refractivity contribution in [3.05, 3.63) is 35.3 Å². The number of nitrogens with one attached hydrogen (secondary N) is 1. The predicted octanol–water partition coefficient (Wildman–Crippen LogP) is 1.58. The highest BCUT2D eigenvalue weighted by molar-refractivity contribution is 5.93. The van der Waals surface area contributed by atoms with Crippen molar-refractivity contribution in [2.75, 3.05) is 13.7 Å². The standard InChI is InChI=1S/C33H49NO11/c1-9-22(36)45-21-13-16(2)32(41,15-35)27-18(4)33(42)14-20(44-29(40)26(38)24(34-8)19-11-10-12-43-19)17(3)23(30(33,5)6)25(37)28(39)31(21,27)7/h10-12,16,18,20-21,24-27,34-35,37-38,41-42H,9,13-15H2,1-8H3/t16-,18?,20?,21?,24?,25?,26?,27?,31-,32?,33?/m1/s1. The van der Waals surface area contributed by atoms with Gasteiger partial charge in [0.2, 0.25) is 0 Å². The molecule has 11 atom stereocenters. The molecule has 0 amide bonds. The zero-order chi connectivity index (χ0) is 33.9. The van der Waals surface area contributed by atoms with Crippen molar-refractivity contribution in [2.24, 2.45) is 28.6 Å². The number of Topliss-reactive ketones (excluding diaryl/α,β-unsaturated/α-hetero) is 1. The minimum absolute atomic E-state index is 0.0383. The molecule has 3 aliphatic carbocycles. The summed E-state index contributed by atoms with van der Waals surface area (Å²) in [6.45, 7) is 10.7. The lowest BCUT2D eigenvalue weighted by Gasteiger charge is -2.65.